The fourth-order valence-electron chi connectivity index (χ4n) is 8.22. The van der Waals surface area contributed by atoms with E-state index < -0.39 is 8.07 Å². The van der Waals surface area contributed by atoms with E-state index in [0.717, 1.165) is 11.8 Å². The zero-order chi connectivity index (χ0) is 25.4. The van der Waals surface area contributed by atoms with Gasteiger partial charge < -0.3 is 0 Å². The Bertz CT molecular complexity index is 1260. The van der Waals surface area contributed by atoms with Crippen molar-refractivity contribution in [3.8, 4) is 11.3 Å². The molecule has 3 aliphatic rings. The molecule has 2 aliphatic carbocycles. The van der Waals surface area contributed by atoms with Crippen LogP contribution in [0.5, 0.6) is 0 Å². The molecule has 0 spiro atoms. The fraction of sp³-hybridized carbons (Fsp3) is 0.571. The van der Waals surface area contributed by atoms with Crippen molar-refractivity contribution in [1.82, 2.24) is 0 Å². The minimum Gasteiger partial charge on any atom is -0.200 e. The van der Waals surface area contributed by atoms with Gasteiger partial charge in [-0.2, -0.15) is 0 Å². The normalized spacial score (nSPS) is 21.4. The molecule has 0 bridgehead atoms. The van der Waals surface area contributed by atoms with Gasteiger partial charge in [-0.15, -0.1) is 0 Å². The standard InChI is InChI=1S/C35H48NSi/c1-26-33(28-15-9-5-10-16-28)24-30(27-13-7-4-8-14-27)25-34(26)35-32-18-17-31(23-29(32)19-20-36(35)2)37(3)21-11-6-12-22-37/h17-20,23-25,27-28H,4-16,21-22H2,1-3H3/q+1. The highest BCUT2D eigenvalue weighted by atomic mass is 28.3. The first-order chi connectivity index (χ1) is 18.0. The molecule has 0 unspecified atom stereocenters. The number of nitrogens with zero attached hydrogens (tertiary/aromatic N) is 1. The Hall–Kier alpha value is -1.93. The second-order valence-electron chi connectivity index (χ2n) is 13.2. The number of fused-ring (bicyclic) bond motifs is 1. The van der Waals surface area contributed by atoms with Crippen LogP contribution in [0.25, 0.3) is 22.0 Å². The van der Waals surface area contributed by atoms with Crippen LogP contribution in [-0.4, -0.2) is 8.07 Å². The maximum Gasteiger partial charge on any atom is 0.220 e. The summed E-state index contributed by atoms with van der Waals surface area (Å²) in [6.45, 7) is 5.08. The van der Waals surface area contributed by atoms with Crippen molar-refractivity contribution in [2.75, 3.05) is 0 Å². The Morgan fingerprint density at radius 1 is 0.730 bits per heavy atom. The Morgan fingerprint density at radius 3 is 2.08 bits per heavy atom. The van der Waals surface area contributed by atoms with Crippen LogP contribution in [0.15, 0.2) is 42.6 Å². The molecule has 2 heterocycles. The predicted octanol–water partition coefficient (Wildman–Crippen LogP) is 9.20. The summed E-state index contributed by atoms with van der Waals surface area (Å²) in [7, 11) is 0.950. The van der Waals surface area contributed by atoms with Gasteiger partial charge in [0, 0.05) is 6.07 Å². The molecule has 1 aliphatic heterocycles. The molecule has 3 fully saturated rings. The highest BCUT2D eigenvalue weighted by Crippen LogP contribution is 2.42. The third-order valence-corrected chi connectivity index (χ3v) is 15.3. The van der Waals surface area contributed by atoms with Gasteiger partial charge in [-0.05, 0) is 78.7 Å². The number of hydrogen-bond acceptors (Lipinski definition) is 0. The summed E-state index contributed by atoms with van der Waals surface area (Å²) in [5, 5.41) is 4.59. The van der Waals surface area contributed by atoms with Gasteiger partial charge in [0.15, 0.2) is 6.20 Å². The first kappa shape index (κ1) is 25.4. The van der Waals surface area contributed by atoms with E-state index in [0.29, 0.717) is 0 Å². The monoisotopic (exact) mass is 510 g/mol. The zero-order valence-corrected chi connectivity index (χ0v) is 24.7. The lowest BCUT2D eigenvalue weighted by molar-refractivity contribution is -0.659. The highest BCUT2D eigenvalue weighted by Gasteiger charge is 2.32. The van der Waals surface area contributed by atoms with Crippen LogP contribution in [0.1, 0.15) is 112 Å². The number of hydrogen-bond donors (Lipinski definition) is 0. The molecule has 0 atom stereocenters. The number of rotatable bonds is 4. The topological polar surface area (TPSA) is 3.88 Å². The van der Waals surface area contributed by atoms with E-state index in [1.165, 1.54) is 118 Å². The van der Waals surface area contributed by atoms with Crippen molar-refractivity contribution in [2.24, 2.45) is 7.05 Å². The van der Waals surface area contributed by atoms with Crippen LogP contribution in [0.2, 0.25) is 18.6 Å². The quantitative estimate of drug-likeness (QED) is 0.243. The molecule has 1 saturated heterocycles. The summed E-state index contributed by atoms with van der Waals surface area (Å²) in [4.78, 5) is 0. The van der Waals surface area contributed by atoms with E-state index >= 15 is 0 Å². The zero-order valence-electron chi connectivity index (χ0n) is 23.7. The first-order valence-corrected chi connectivity index (χ1v) is 18.5. The molecule has 2 saturated carbocycles. The molecule has 1 aromatic heterocycles. The van der Waals surface area contributed by atoms with E-state index in [4.69, 9.17) is 0 Å². The maximum atomic E-state index is 2.67. The molecule has 3 aromatic rings. The molecule has 0 radical (unpaired) electrons. The largest absolute Gasteiger partial charge is 0.220 e. The molecular weight excluding hydrogens is 462 g/mol. The molecular formula is C35H48NSi+. The number of aryl methyl sites for hydroxylation is 1. The first-order valence-electron chi connectivity index (χ1n) is 15.6. The van der Waals surface area contributed by atoms with Gasteiger partial charge in [0.2, 0.25) is 5.69 Å². The van der Waals surface area contributed by atoms with Crippen molar-refractivity contribution in [1.29, 1.82) is 0 Å². The molecule has 6 rings (SSSR count). The SMILES string of the molecule is Cc1c(-c2c3ccc([Si]4(C)CCCCC4)cc3cc[n+]2C)cc(C2CCCCC2)cc1C1CCCCC1. The minimum atomic E-state index is -1.32. The summed E-state index contributed by atoms with van der Waals surface area (Å²) in [5.41, 5.74) is 7.80. The average molecular weight is 511 g/mol. The average Bonchev–Trinajstić information content (AvgIpc) is 2.94. The molecule has 1 nitrogen and oxygen atoms in total. The molecule has 0 amide bonds. The lowest BCUT2D eigenvalue weighted by atomic mass is 9.76. The highest BCUT2D eigenvalue weighted by molar-refractivity contribution is 6.91. The lowest BCUT2D eigenvalue weighted by Gasteiger charge is -2.32. The molecule has 37 heavy (non-hydrogen) atoms. The second kappa shape index (κ2) is 10.7. The summed E-state index contributed by atoms with van der Waals surface area (Å²) < 4.78 is 2.42. The van der Waals surface area contributed by atoms with E-state index in [2.05, 4.69) is 67.7 Å². The maximum absolute atomic E-state index is 2.67. The Kier molecular flexibility index (Phi) is 7.32. The Balaban J connectivity index is 1.50. The third kappa shape index (κ3) is 4.96. The van der Waals surface area contributed by atoms with Crippen LogP contribution in [0.4, 0.5) is 0 Å². The van der Waals surface area contributed by atoms with Gasteiger partial charge in [0.25, 0.3) is 0 Å². The van der Waals surface area contributed by atoms with Gasteiger partial charge in [-0.3, -0.25) is 0 Å². The number of pyridine rings is 1. The van der Waals surface area contributed by atoms with Gasteiger partial charge in [-0.1, -0.05) is 99.8 Å². The van der Waals surface area contributed by atoms with Gasteiger partial charge in [0.05, 0.1) is 19.0 Å². The molecule has 2 aromatic carbocycles. The van der Waals surface area contributed by atoms with Crippen molar-refractivity contribution in [3.63, 3.8) is 0 Å². The van der Waals surface area contributed by atoms with Gasteiger partial charge >= 0.3 is 0 Å². The Morgan fingerprint density at radius 2 is 1.38 bits per heavy atom. The van der Waals surface area contributed by atoms with E-state index in [-0.39, 0.29) is 0 Å². The summed E-state index contributed by atoms with van der Waals surface area (Å²) in [6.07, 6.45) is 20.6. The van der Waals surface area contributed by atoms with Crippen LogP contribution < -0.4 is 9.75 Å². The minimum absolute atomic E-state index is 0.750. The van der Waals surface area contributed by atoms with E-state index in [9.17, 15) is 0 Å². The van der Waals surface area contributed by atoms with Crippen LogP contribution in [-0.2, 0) is 7.05 Å². The van der Waals surface area contributed by atoms with Crippen molar-refractivity contribution in [2.45, 2.75) is 121 Å². The molecule has 2 heteroatoms. The second-order valence-corrected chi connectivity index (χ2v) is 17.8. The van der Waals surface area contributed by atoms with Crippen LogP contribution in [0, 0.1) is 6.92 Å². The number of aromatic nitrogens is 1. The van der Waals surface area contributed by atoms with Crippen LogP contribution in [0.3, 0.4) is 0 Å². The van der Waals surface area contributed by atoms with Gasteiger partial charge in [0.1, 0.15) is 7.05 Å². The number of benzene rings is 2. The third-order valence-electron chi connectivity index (χ3n) is 10.6. The van der Waals surface area contributed by atoms with Gasteiger partial charge in [-0.25, -0.2) is 4.57 Å². The van der Waals surface area contributed by atoms with Crippen LogP contribution >= 0.6 is 0 Å². The molecule has 196 valence electrons. The van der Waals surface area contributed by atoms with E-state index in [1.54, 1.807) is 21.9 Å². The van der Waals surface area contributed by atoms with E-state index in [1.807, 2.05) is 0 Å². The van der Waals surface area contributed by atoms with Crippen molar-refractivity contribution < 1.29 is 4.57 Å². The predicted molar refractivity (Wildman–Crippen MR) is 162 cm³/mol. The smallest absolute Gasteiger partial charge is 0.200 e. The summed E-state index contributed by atoms with van der Waals surface area (Å²) >= 11 is 0. The summed E-state index contributed by atoms with van der Waals surface area (Å²) in [5.74, 6) is 1.50. The van der Waals surface area contributed by atoms with Crippen molar-refractivity contribution in [3.05, 3.63) is 59.3 Å². The molecule has 0 N–H and O–H groups in total. The lowest BCUT2D eigenvalue weighted by Crippen LogP contribution is -2.45. The van der Waals surface area contributed by atoms with Crippen molar-refractivity contribution >= 4 is 24.0 Å². The summed E-state index contributed by atoms with van der Waals surface area (Å²) in [6, 6.07) is 18.2. The fourth-order valence-corrected chi connectivity index (χ4v) is 12.1. The Labute approximate surface area is 226 Å².